The van der Waals surface area contributed by atoms with Gasteiger partial charge in [0.1, 0.15) is 0 Å². The highest BCUT2D eigenvalue weighted by molar-refractivity contribution is 5.88. The average Bonchev–Trinajstić information content (AvgIpc) is 3.01. The number of ether oxygens (including phenoxy) is 2. The molecule has 0 spiro atoms. The molecule has 3 rings (SSSR count). The summed E-state index contributed by atoms with van der Waals surface area (Å²) in [7, 11) is 0. The van der Waals surface area contributed by atoms with Gasteiger partial charge in [-0.05, 0) is 92.7 Å². The molecule has 0 aromatic heterocycles. The van der Waals surface area contributed by atoms with Gasteiger partial charge in [-0.3, -0.25) is 0 Å². The second-order valence-corrected chi connectivity index (χ2v) is 12.5. The Labute approximate surface area is 253 Å². The number of carbonyl (C=O) groups excluding carboxylic acids is 2. The molecule has 230 valence electrons. The van der Waals surface area contributed by atoms with E-state index >= 15 is 0 Å². The van der Waals surface area contributed by atoms with Crippen LogP contribution in [0.25, 0.3) is 5.57 Å². The van der Waals surface area contributed by atoms with Crippen molar-refractivity contribution in [3.8, 4) is 0 Å². The van der Waals surface area contributed by atoms with Crippen LogP contribution in [0.4, 0.5) is 0 Å². The molecule has 1 aromatic carbocycles. The zero-order valence-corrected chi connectivity index (χ0v) is 26.2. The van der Waals surface area contributed by atoms with Crippen LogP contribution in [0, 0.1) is 17.8 Å². The standard InChI is InChI=1S/C37H52O5/c1-6-7-8-27(4)23-29-9-11-30(12-10-29)31-13-15-32(16-14-31)33-17-19-34(20-18-33)35(25-42-36(39)26(2)3)21-22-41-37(40)28(5)24-38/h13-17,19,27,29-30,35,38H,2,5-12,18,20-25H2,1,3-4H3. The molecule has 42 heavy (non-hydrogen) atoms. The van der Waals surface area contributed by atoms with Gasteiger partial charge in [-0.15, -0.1) is 0 Å². The van der Waals surface area contributed by atoms with E-state index in [1.165, 1.54) is 73.6 Å². The fourth-order valence-corrected chi connectivity index (χ4v) is 6.31. The first kappa shape index (κ1) is 33.6. The van der Waals surface area contributed by atoms with E-state index in [-0.39, 0.29) is 24.7 Å². The third kappa shape index (κ3) is 10.4. The van der Waals surface area contributed by atoms with Crippen molar-refractivity contribution in [3.63, 3.8) is 0 Å². The van der Waals surface area contributed by atoms with E-state index in [1.807, 2.05) is 0 Å². The third-order valence-electron chi connectivity index (χ3n) is 9.03. The smallest absolute Gasteiger partial charge is 0.335 e. The SMILES string of the molecule is C=C(C)C(=O)OCC(CCOC(=O)C(=C)CO)C1=CC=C(c2ccc(C3CCC(CC(C)CCCC)CC3)cc2)CC1. The van der Waals surface area contributed by atoms with Crippen molar-refractivity contribution in [2.24, 2.45) is 17.8 Å². The Morgan fingerprint density at radius 3 is 2.29 bits per heavy atom. The summed E-state index contributed by atoms with van der Waals surface area (Å²) in [5.74, 6) is 1.34. The van der Waals surface area contributed by atoms with E-state index in [0.29, 0.717) is 17.9 Å². The first-order valence-electron chi connectivity index (χ1n) is 16.0. The molecule has 5 nitrogen and oxygen atoms in total. The highest BCUT2D eigenvalue weighted by Crippen LogP contribution is 2.39. The van der Waals surface area contributed by atoms with Gasteiger partial charge in [0.05, 0.1) is 25.4 Å². The molecular formula is C37H52O5. The molecule has 1 saturated carbocycles. The van der Waals surface area contributed by atoms with Crippen LogP contribution in [-0.2, 0) is 19.1 Å². The lowest BCUT2D eigenvalue weighted by atomic mass is 9.75. The summed E-state index contributed by atoms with van der Waals surface area (Å²) in [5, 5.41) is 9.09. The minimum atomic E-state index is -0.608. The first-order valence-corrected chi connectivity index (χ1v) is 16.0. The Morgan fingerprint density at radius 2 is 1.69 bits per heavy atom. The Hall–Kier alpha value is -2.92. The number of aliphatic hydroxyl groups excluding tert-OH is 1. The van der Waals surface area contributed by atoms with Crippen molar-refractivity contribution in [2.75, 3.05) is 19.8 Å². The van der Waals surface area contributed by atoms with Crippen LogP contribution >= 0.6 is 0 Å². The molecule has 0 amide bonds. The molecule has 0 heterocycles. The predicted octanol–water partition coefficient (Wildman–Crippen LogP) is 8.50. The van der Waals surface area contributed by atoms with Gasteiger partial charge >= 0.3 is 11.9 Å². The Bertz CT molecular complexity index is 1120. The summed E-state index contributed by atoms with van der Waals surface area (Å²) in [4.78, 5) is 23.9. The highest BCUT2D eigenvalue weighted by atomic mass is 16.5. The summed E-state index contributed by atoms with van der Waals surface area (Å²) < 4.78 is 10.7. The summed E-state index contributed by atoms with van der Waals surface area (Å²) in [5.41, 5.74) is 5.58. The Kier molecular flexibility index (Phi) is 13.8. The first-order chi connectivity index (χ1) is 20.2. The quantitative estimate of drug-likeness (QED) is 0.158. The maximum atomic E-state index is 12.0. The Balaban J connectivity index is 1.58. The van der Waals surface area contributed by atoms with Crippen LogP contribution in [-0.4, -0.2) is 36.9 Å². The molecule has 1 aromatic rings. The maximum Gasteiger partial charge on any atom is 0.335 e. The second kappa shape index (κ2) is 17.3. The number of rotatable bonds is 16. The number of unbranched alkanes of at least 4 members (excludes halogenated alkanes) is 1. The van der Waals surface area contributed by atoms with Gasteiger partial charge < -0.3 is 14.6 Å². The van der Waals surface area contributed by atoms with Gasteiger partial charge in [-0.2, -0.15) is 0 Å². The molecular weight excluding hydrogens is 524 g/mol. The van der Waals surface area contributed by atoms with Crippen LogP contribution < -0.4 is 0 Å². The number of carbonyl (C=O) groups is 2. The van der Waals surface area contributed by atoms with E-state index in [0.717, 1.165) is 24.7 Å². The van der Waals surface area contributed by atoms with Crippen molar-refractivity contribution < 1.29 is 24.2 Å². The lowest BCUT2D eigenvalue weighted by molar-refractivity contribution is -0.142. The number of benzene rings is 1. The van der Waals surface area contributed by atoms with Crippen molar-refractivity contribution in [1.82, 2.24) is 0 Å². The molecule has 0 radical (unpaired) electrons. The van der Waals surface area contributed by atoms with Crippen LogP contribution in [0.1, 0.15) is 108 Å². The largest absolute Gasteiger partial charge is 0.462 e. The molecule has 5 heteroatoms. The van der Waals surface area contributed by atoms with Crippen LogP contribution in [0.5, 0.6) is 0 Å². The fraction of sp³-hybridized carbons (Fsp3) is 0.568. The van der Waals surface area contributed by atoms with E-state index in [1.54, 1.807) is 6.92 Å². The van der Waals surface area contributed by atoms with Gasteiger partial charge in [0, 0.05) is 11.5 Å². The molecule has 0 aliphatic heterocycles. The topological polar surface area (TPSA) is 72.8 Å². The summed E-state index contributed by atoms with van der Waals surface area (Å²) in [6, 6.07) is 9.22. The van der Waals surface area contributed by atoms with Crippen molar-refractivity contribution >= 4 is 17.5 Å². The van der Waals surface area contributed by atoms with Gasteiger partial charge in [0.25, 0.3) is 0 Å². The highest BCUT2D eigenvalue weighted by Gasteiger charge is 2.24. The van der Waals surface area contributed by atoms with Crippen molar-refractivity contribution in [1.29, 1.82) is 0 Å². The molecule has 1 N–H and O–H groups in total. The normalized spacial score (nSPS) is 20.1. The van der Waals surface area contributed by atoms with Crippen LogP contribution in [0.2, 0.25) is 0 Å². The number of esters is 2. The van der Waals surface area contributed by atoms with E-state index in [4.69, 9.17) is 14.6 Å². The third-order valence-corrected chi connectivity index (χ3v) is 9.03. The van der Waals surface area contributed by atoms with Gasteiger partial charge in [-0.1, -0.05) is 88.3 Å². The fourth-order valence-electron chi connectivity index (χ4n) is 6.31. The summed E-state index contributed by atoms with van der Waals surface area (Å²) >= 11 is 0. The molecule has 2 aliphatic rings. The van der Waals surface area contributed by atoms with Crippen molar-refractivity contribution in [3.05, 3.63) is 77.4 Å². The van der Waals surface area contributed by atoms with Gasteiger partial charge in [0.15, 0.2) is 0 Å². The summed E-state index contributed by atoms with van der Waals surface area (Å²) in [6.07, 6.45) is 17.3. The van der Waals surface area contributed by atoms with Crippen LogP contribution in [0.15, 0.2) is 66.3 Å². The summed E-state index contributed by atoms with van der Waals surface area (Å²) in [6.45, 7) is 13.4. The molecule has 2 atom stereocenters. The lowest BCUT2D eigenvalue weighted by Crippen LogP contribution is -2.20. The maximum absolute atomic E-state index is 12.0. The zero-order chi connectivity index (χ0) is 30.5. The minimum Gasteiger partial charge on any atom is -0.462 e. The number of hydrogen-bond donors (Lipinski definition) is 1. The zero-order valence-electron chi connectivity index (χ0n) is 26.2. The van der Waals surface area contributed by atoms with Gasteiger partial charge in [-0.25, -0.2) is 9.59 Å². The molecule has 2 unspecified atom stereocenters. The second-order valence-electron chi connectivity index (χ2n) is 12.5. The molecule has 2 aliphatic carbocycles. The Morgan fingerprint density at radius 1 is 0.976 bits per heavy atom. The molecule has 0 bridgehead atoms. The number of hydrogen-bond acceptors (Lipinski definition) is 5. The minimum absolute atomic E-state index is 0.0239. The lowest BCUT2D eigenvalue weighted by Gasteiger charge is -2.30. The monoisotopic (exact) mass is 576 g/mol. The number of aliphatic hydroxyl groups is 1. The van der Waals surface area contributed by atoms with E-state index in [9.17, 15) is 9.59 Å². The van der Waals surface area contributed by atoms with Gasteiger partial charge in [0.2, 0.25) is 0 Å². The predicted molar refractivity (Wildman–Crippen MR) is 171 cm³/mol. The van der Waals surface area contributed by atoms with Crippen molar-refractivity contribution in [2.45, 2.75) is 97.3 Å². The molecule has 1 fully saturated rings. The molecule has 0 saturated heterocycles. The number of allylic oxidation sites excluding steroid dienone is 3. The van der Waals surface area contributed by atoms with E-state index < -0.39 is 18.5 Å². The van der Waals surface area contributed by atoms with E-state index in [2.05, 4.69) is 63.4 Å². The average molecular weight is 577 g/mol. The van der Waals surface area contributed by atoms with Crippen LogP contribution in [0.3, 0.4) is 0 Å².